The number of hydrogen-bond donors (Lipinski definition) is 4. The molecule has 8 heteroatoms. The fourth-order valence-corrected chi connectivity index (χ4v) is 6.16. The third kappa shape index (κ3) is 4.34. The van der Waals surface area contributed by atoms with E-state index in [2.05, 4.69) is 80.4 Å². The lowest BCUT2D eigenvalue weighted by atomic mass is 9.67. The van der Waals surface area contributed by atoms with Crippen molar-refractivity contribution >= 4 is 100 Å². The maximum atomic E-state index is 9.68. The van der Waals surface area contributed by atoms with E-state index < -0.39 is 14.2 Å². The molecule has 0 amide bonds. The Morgan fingerprint density at radius 1 is 0.361 bits per heavy atom. The second kappa shape index (κ2) is 10.3. The summed E-state index contributed by atoms with van der Waals surface area (Å²) in [5.74, 6) is 0. The zero-order valence-electron chi connectivity index (χ0n) is 18.9. The van der Waals surface area contributed by atoms with E-state index in [1.807, 2.05) is 0 Å². The molecule has 0 aromatic heterocycles. The van der Waals surface area contributed by atoms with Gasteiger partial charge in [-0.15, -0.1) is 0 Å². The van der Waals surface area contributed by atoms with Crippen LogP contribution in [-0.2, 0) is 0 Å². The van der Waals surface area contributed by atoms with E-state index in [0.29, 0.717) is 32.5 Å². The van der Waals surface area contributed by atoms with Crippen molar-refractivity contribution in [3.05, 3.63) is 106 Å². The van der Waals surface area contributed by atoms with Gasteiger partial charge in [0, 0.05) is 8.95 Å². The molecule has 6 aromatic carbocycles. The first-order chi connectivity index (χ1) is 17.4. The first kappa shape index (κ1) is 25.0. The van der Waals surface area contributed by atoms with Crippen molar-refractivity contribution in [3.63, 3.8) is 0 Å². The summed E-state index contributed by atoms with van der Waals surface area (Å²) in [6.45, 7) is 0. The van der Waals surface area contributed by atoms with Gasteiger partial charge in [0.25, 0.3) is 0 Å². The summed E-state index contributed by atoms with van der Waals surface area (Å²) in [6, 6.07) is 30.8. The van der Waals surface area contributed by atoms with Crippen LogP contribution >= 0.6 is 31.9 Å². The molecule has 6 aromatic rings. The molecular weight excluding hydrogens is 582 g/mol. The quantitative estimate of drug-likeness (QED) is 0.169. The highest BCUT2D eigenvalue weighted by Gasteiger charge is 2.25. The van der Waals surface area contributed by atoms with Gasteiger partial charge >= 0.3 is 14.2 Å². The molecule has 0 aliphatic rings. The molecule has 0 aliphatic heterocycles. The summed E-state index contributed by atoms with van der Waals surface area (Å²) in [6.07, 6.45) is 0. The second-order valence-corrected chi connectivity index (χ2v) is 9.97. The minimum atomic E-state index is -1.63. The fourth-order valence-electron chi connectivity index (χ4n) is 4.77. The SMILES string of the molecule is Brc1c2ccccc2c(Br)c2ccccc12.OB(O)c1c2ccccc2c(B(O)O)c2ccccc12. The zero-order chi connectivity index (χ0) is 25.4. The van der Waals surface area contributed by atoms with Gasteiger partial charge in [0.1, 0.15) is 0 Å². The van der Waals surface area contributed by atoms with E-state index in [1.54, 1.807) is 48.5 Å². The molecule has 0 aliphatic carbocycles. The molecule has 0 bridgehead atoms. The average molecular weight is 602 g/mol. The van der Waals surface area contributed by atoms with Gasteiger partial charge in [-0.1, -0.05) is 97.1 Å². The Morgan fingerprint density at radius 3 is 0.750 bits per heavy atom. The van der Waals surface area contributed by atoms with Gasteiger partial charge in [0.2, 0.25) is 0 Å². The number of benzene rings is 6. The molecule has 0 heterocycles. The van der Waals surface area contributed by atoms with Crippen molar-refractivity contribution in [2.45, 2.75) is 0 Å². The van der Waals surface area contributed by atoms with Gasteiger partial charge in [-0.05, 0) is 85.9 Å². The van der Waals surface area contributed by atoms with Crippen molar-refractivity contribution in [2.24, 2.45) is 0 Å². The zero-order valence-corrected chi connectivity index (χ0v) is 22.1. The van der Waals surface area contributed by atoms with Crippen LogP contribution in [0.25, 0.3) is 43.1 Å². The third-order valence-corrected chi connectivity index (χ3v) is 8.04. The molecule has 0 radical (unpaired) electrons. The topological polar surface area (TPSA) is 80.9 Å². The average Bonchev–Trinajstić information content (AvgIpc) is 2.90. The van der Waals surface area contributed by atoms with Crippen molar-refractivity contribution in [1.82, 2.24) is 0 Å². The first-order valence-corrected chi connectivity index (χ1v) is 12.9. The van der Waals surface area contributed by atoms with Crippen molar-refractivity contribution in [3.8, 4) is 0 Å². The van der Waals surface area contributed by atoms with Gasteiger partial charge in [-0.2, -0.15) is 0 Å². The summed E-state index contributed by atoms with van der Waals surface area (Å²) in [5, 5.41) is 46.1. The smallest absolute Gasteiger partial charge is 0.423 e. The molecule has 0 atom stereocenters. The van der Waals surface area contributed by atoms with Gasteiger partial charge in [-0.25, -0.2) is 0 Å². The van der Waals surface area contributed by atoms with Gasteiger partial charge in [0.05, 0.1) is 0 Å². The van der Waals surface area contributed by atoms with E-state index >= 15 is 0 Å². The molecule has 0 unspecified atom stereocenters. The summed E-state index contributed by atoms with van der Waals surface area (Å²) >= 11 is 7.39. The minimum absolute atomic E-state index is 0.376. The largest absolute Gasteiger partial charge is 0.489 e. The Bertz CT molecular complexity index is 1500. The highest BCUT2D eigenvalue weighted by atomic mass is 79.9. The molecule has 6 rings (SSSR count). The number of hydrogen-bond acceptors (Lipinski definition) is 4. The van der Waals surface area contributed by atoms with Crippen LogP contribution in [0.4, 0.5) is 0 Å². The molecular formula is C28H20B2Br2O4. The van der Waals surface area contributed by atoms with E-state index in [4.69, 9.17) is 0 Å². The molecule has 4 nitrogen and oxygen atoms in total. The lowest BCUT2D eigenvalue weighted by molar-refractivity contribution is 0.425. The van der Waals surface area contributed by atoms with Crippen LogP contribution in [0.1, 0.15) is 0 Å². The van der Waals surface area contributed by atoms with E-state index in [0.717, 1.165) is 0 Å². The monoisotopic (exact) mass is 600 g/mol. The van der Waals surface area contributed by atoms with Gasteiger partial charge in [0.15, 0.2) is 0 Å². The summed E-state index contributed by atoms with van der Waals surface area (Å²) in [5.41, 5.74) is 0.751. The maximum absolute atomic E-state index is 9.68. The Hall–Kier alpha value is -2.71. The third-order valence-electron chi connectivity index (χ3n) is 6.33. The normalized spacial score (nSPS) is 11.1. The Kier molecular flexibility index (Phi) is 7.17. The molecule has 0 saturated carbocycles. The predicted molar refractivity (Wildman–Crippen MR) is 158 cm³/mol. The van der Waals surface area contributed by atoms with Crippen LogP contribution in [0.2, 0.25) is 0 Å². The Morgan fingerprint density at radius 2 is 0.556 bits per heavy atom. The van der Waals surface area contributed by atoms with Crippen molar-refractivity contribution in [1.29, 1.82) is 0 Å². The molecule has 36 heavy (non-hydrogen) atoms. The lowest BCUT2D eigenvalue weighted by Crippen LogP contribution is -2.37. The van der Waals surface area contributed by atoms with Crippen LogP contribution in [0.15, 0.2) is 106 Å². The van der Waals surface area contributed by atoms with Crippen LogP contribution < -0.4 is 10.9 Å². The summed E-state index contributed by atoms with van der Waals surface area (Å²) < 4.78 is 2.34. The first-order valence-electron chi connectivity index (χ1n) is 11.3. The van der Waals surface area contributed by atoms with Crippen LogP contribution in [0, 0.1) is 0 Å². The highest BCUT2D eigenvalue weighted by Crippen LogP contribution is 2.38. The number of halogens is 2. The van der Waals surface area contributed by atoms with Crippen LogP contribution in [-0.4, -0.2) is 34.3 Å². The van der Waals surface area contributed by atoms with E-state index in [-0.39, 0.29) is 0 Å². The van der Waals surface area contributed by atoms with E-state index in [1.165, 1.54) is 30.5 Å². The predicted octanol–water partition coefficient (Wildman–Crippen LogP) is 4.87. The van der Waals surface area contributed by atoms with E-state index in [9.17, 15) is 20.1 Å². The van der Waals surface area contributed by atoms with Gasteiger partial charge < -0.3 is 20.1 Å². The molecule has 0 spiro atoms. The number of rotatable bonds is 2. The second-order valence-electron chi connectivity index (χ2n) is 8.38. The maximum Gasteiger partial charge on any atom is 0.489 e. The van der Waals surface area contributed by atoms with Crippen molar-refractivity contribution in [2.75, 3.05) is 0 Å². The highest BCUT2D eigenvalue weighted by molar-refractivity contribution is 9.11. The Balaban J connectivity index is 0.000000152. The standard InChI is InChI=1S/C14H12B2O4.C14H8Br2/c17-15(18)13-9-5-1-2-6-10(9)14(16(19)20)12-8-4-3-7-11(12)13;15-13-9-5-1-2-6-10(9)14(16)12-8-4-3-7-11(12)13/h1-8,17-20H;1-8H. The minimum Gasteiger partial charge on any atom is -0.423 e. The molecule has 0 fully saturated rings. The molecule has 0 saturated heterocycles. The van der Waals surface area contributed by atoms with Crippen LogP contribution in [0.5, 0.6) is 0 Å². The Labute approximate surface area is 225 Å². The summed E-state index contributed by atoms with van der Waals surface area (Å²) in [4.78, 5) is 0. The molecule has 4 N–H and O–H groups in total. The fraction of sp³-hybridized carbons (Fsp3) is 0. The van der Waals surface area contributed by atoms with Crippen molar-refractivity contribution < 1.29 is 20.1 Å². The lowest BCUT2D eigenvalue weighted by Gasteiger charge is -2.15. The number of fused-ring (bicyclic) bond motifs is 4. The summed E-state index contributed by atoms with van der Waals surface area (Å²) in [7, 11) is -3.26. The van der Waals surface area contributed by atoms with Crippen LogP contribution in [0.3, 0.4) is 0 Å². The van der Waals surface area contributed by atoms with Gasteiger partial charge in [-0.3, -0.25) is 0 Å². The molecule has 176 valence electrons.